The minimum atomic E-state index is -0.449. The standard InChI is InChI=1S/C18H27FN2O2/c1-18(2,3)23-17(22)21-10-8-14(9-11-21)12-20-13-15-6-4-5-7-16(15)19/h4-7,14,20H,8-13H2,1-3H3. The van der Waals surface area contributed by atoms with Crippen molar-refractivity contribution >= 4 is 6.09 Å². The van der Waals surface area contributed by atoms with Gasteiger partial charge in [-0.3, -0.25) is 0 Å². The highest BCUT2D eigenvalue weighted by atomic mass is 19.1. The first kappa shape index (κ1) is 17.7. The third-order valence-electron chi connectivity index (χ3n) is 3.97. The van der Waals surface area contributed by atoms with E-state index in [9.17, 15) is 9.18 Å². The van der Waals surface area contributed by atoms with Gasteiger partial charge in [0, 0.05) is 25.2 Å². The lowest BCUT2D eigenvalue weighted by atomic mass is 9.97. The molecule has 128 valence electrons. The van der Waals surface area contributed by atoms with E-state index in [0.29, 0.717) is 18.0 Å². The summed E-state index contributed by atoms with van der Waals surface area (Å²) in [6, 6.07) is 6.83. The fourth-order valence-corrected chi connectivity index (χ4v) is 2.70. The number of piperidine rings is 1. The van der Waals surface area contributed by atoms with E-state index in [0.717, 1.165) is 32.5 Å². The summed E-state index contributed by atoms with van der Waals surface area (Å²) in [5.74, 6) is 0.347. The topological polar surface area (TPSA) is 41.6 Å². The molecule has 1 heterocycles. The van der Waals surface area contributed by atoms with Gasteiger partial charge in [-0.1, -0.05) is 18.2 Å². The number of halogens is 1. The number of likely N-dealkylation sites (tertiary alicyclic amines) is 1. The number of rotatable bonds is 4. The van der Waals surface area contributed by atoms with E-state index < -0.39 is 5.60 Å². The number of hydrogen-bond acceptors (Lipinski definition) is 3. The van der Waals surface area contributed by atoms with Gasteiger partial charge in [0.25, 0.3) is 0 Å². The normalized spacial score (nSPS) is 16.4. The molecule has 0 unspecified atom stereocenters. The quantitative estimate of drug-likeness (QED) is 0.921. The summed E-state index contributed by atoms with van der Waals surface area (Å²) in [5, 5.41) is 3.32. The second-order valence-electron chi connectivity index (χ2n) is 7.13. The van der Waals surface area contributed by atoms with E-state index in [-0.39, 0.29) is 11.9 Å². The van der Waals surface area contributed by atoms with Crippen LogP contribution in [-0.2, 0) is 11.3 Å². The van der Waals surface area contributed by atoms with Crippen LogP contribution in [0.5, 0.6) is 0 Å². The predicted octanol–water partition coefficient (Wildman–Crippen LogP) is 3.56. The van der Waals surface area contributed by atoms with Gasteiger partial charge < -0.3 is 15.0 Å². The number of carbonyl (C=O) groups is 1. The molecule has 0 saturated carbocycles. The lowest BCUT2D eigenvalue weighted by molar-refractivity contribution is 0.0184. The Hall–Kier alpha value is -1.62. The fourth-order valence-electron chi connectivity index (χ4n) is 2.70. The Morgan fingerprint density at radius 2 is 1.96 bits per heavy atom. The predicted molar refractivity (Wildman–Crippen MR) is 88.6 cm³/mol. The van der Waals surface area contributed by atoms with Crippen LogP contribution in [0, 0.1) is 11.7 Å². The van der Waals surface area contributed by atoms with Crippen LogP contribution in [0.1, 0.15) is 39.2 Å². The van der Waals surface area contributed by atoms with Crippen molar-refractivity contribution in [3.8, 4) is 0 Å². The zero-order chi connectivity index (χ0) is 16.9. The maximum absolute atomic E-state index is 13.5. The van der Waals surface area contributed by atoms with Crippen LogP contribution >= 0.6 is 0 Å². The first-order valence-electron chi connectivity index (χ1n) is 8.27. The summed E-state index contributed by atoms with van der Waals surface area (Å²) in [4.78, 5) is 13.8. The number of carbonyl (C=O) groups excluding carboxylic acids is 1. The molecule has 1 saturated heterocycles. The van der Waals surface area contributed by atoms with Gasteiger partial charge >= 0.3 is 6.09 Å². The first-order chi connectivity index (χ1) is 10.8. The number of ether oxygens (including phenoxy) is 1. The smallest absolute Gasteiger partial charge is 0.410 e. The summed E-state index contributed by atoms with van der Waals surface area (Å²) in [6.45, 7) is 8.47. The molecule has 1 N–H and O–H groups in total. The lowest BCUT2D eigenvalue weighted by Gasteiger charge is -2.33. The Morgan fingerprint density at radius 3 is 2.57 bits per heavy atom. The van der Waals surface area contributed by atoms with Crippen LogP contribution in [0.25, 0.3) is 0 Å². The Balaban J connectivity index is 1.69. The van der Waals surface area contributed by atoms with Crippen molar-refractivity contribution in [2.24, 2.45) is 5.92 Å². The second-order valence-corrected chi connectivity index (χ2v) is 7.13. The SMILES string of the molecule is CC(C)(C)OC(=O)N1CCC(CNCc2ccccc2F)CC1. The van der Waals surface area contributed by atoms with Crippen molar-refractivity contribution in [1.29, 1.82) is 0 Å². The Morgan fingerprint density at radius 1 is 1.30 bits per heavy atom. The van der Waals surface area contributed by atoms with Crippen LogP contribution in [0.4, 0.5) is 9.18 Å². The minimum Gasteiger partial charge on any atom is -0.444 e. The molecule has 5 heteroatoms. The molecular weight excluding hydrogens is 295 g/mol. The number of benzene rings is 1. The van der Waals surface area contributed by atoms with Crippen molar-refractivity contribution in [2.75, 3.05) is 19.6 Å². The van der Waals surface area contributed by atoms with Gasteiger partial charge in [-0.2, -0.15) is 0 Å². The first-order valence-corrected chi connectivity index (χ1v) is 8.27. The fraction of sp³-hybridized carbons (Fsp3) is 0.611. The van der Waals surface area contributed by atoms with Gasteiger partial charge in [-0.15, -0.1) is 0 Å². The number of nitrogens with zero attached hydrogens (tertiary/aromatic N) is 1. The molecule has 1 fully saturated rings. The number of nitrogens with one attached hydrogen (secondary N) is 1. The molecule has 0 radical (unpaired) electrons. The van der Waals surface area contributed by atoms with Crippen molar-refractivity contribution < 1.29 is 13.9 Å². The highest BCUT2D eigenvalue weighted by Crippen LogP contribution is 2.19. The summed E-state index contributed by atoms with van der Waals surface area (Å²) < 4.78 is 18.9. The molecule has 23 heavy (non-hydrogen) atoms. The van der Waals surface area contributed by atoms with Crippen LogP contribution in [0.15, 0.2) is 24.3 Å². The van der Waals surface area contributed by atoms with E-state index in [1.807, 2.05) is 26.8 Å². The molecule has 4 nitrogen and oxygen atoms in total. The molecule has 1 amide bonds. The molecule has 0 spiro atoms. The third kappa shape index (κ3) is 5.82. The van der Waals surface area contributed by atoms with Gasteiger partial charge in [0.15, 0.2) is 0 Å². The summed E-state index contributed by atoms with van der Waals surface area (Å²) in [5.41, 5.74) is 0.244. The molecule has 1 aromatic rings. The molecule has 1 aromatic carbocycles. The maximum atomic E-state index is 13.5. The zero-order valence-corrected chi connectivity index (χ0v) is 14.3. The Labute approximate surface area is 138 Å². The monoisotopic (exact) mass is 322 g/mol. The zero-order valence-electron chi connectivity index (χ0n) is 14.3. The largest absolute Gasteiger partial charge is 0.444 e. The molecule has 2 rings (SSSR count). The second kappa shape index (κ2) is 7.77. The van der Waals surface area contributed by atoms with E-state index >= 15 is 0 Å². The summed E-state index contributed by atoms with van der Waals surface area (Å²) >= 11 is 0. The molecule has 0 bridgehead atoms. The molecule has 0 aliphatic carbocycles. The Bertz CT molecular complexity index is 520. The van der Waals surface area contributed by atoms with Gasteiger partial charge in [0.1, 0.15) is 11.4 Å². The van der Waals surface area contributed by atoms with Crippen molar-refractivity contribution in [1.82, 2.24) is 10.2 Å². The maximum Gasteiger partial charge on any atom is 0.410 e. The van der Waals surface area contributed by atoms with Crippen molar-refractivity contribution in [3.05, 3.63) is 35.6 Å². The van der Waals surface area contributed by atoms with Crippen LogP contribution in [0.2, 0.25) is 0 Å². The average Bonchev–Trinajstić information content (AvgIpc) is 2.48. The van der Waals surface area contributed by atoms with Gasteiger partial charge in [0.2, 0.25) is 0 Å². The van der Waals surface area contributed by atoms with Crippen molar-refractivity contribution in [3.63, 3.8) is 0 Å². The van der Waals surface area contributed by atoms with Crippen LogP contribution < -0.4 is 5.32 Å². The minimum absolute atomic E-state index is 0.167. The molecule has 0 aromatic heterocycles. The Kier molecular flexibility index (Phi) is 5.99. The van der Waals surface area contributed by atoms with E-state index in [4.69, 9.17) is 4.74 Å². The van der Waals surface area contributed by atoms with Crippen LogP contribution in [-0.4, -0.2) is 36.2 Å². The molecule has 1 aliphatic heterocycles. The average molecular weight is 322 g/mol. The number of hydrogen-bond donors (Lipinski definition) is 1. The summed E-state index contributed by atoms with van der Waals surface area (Å²) in [6.07, 6.45) is 1.67. The van der Waals surface area contributed by atoms with E-state index in [1.165, 1.54) is 6.07 Å². The lowest BCUT2D eigenvalue weighted by Crippen LogP contribution is -2.43. The number of amides is 1. The molecular formula is C18H27FN2O2. The van der Waals surface area contributed by atoms with Gasteiger partial charge in [-0.25, -0.2) is 9.18 Å². The third-order valence-corrected chi connectivity index (χ3v) is 3.97. The highest BCUT2D eigenvalue weighted by molar-refractivity contribution is 5.68. The van der Waals surface area contributed by atoms with Gasteiger partial charge in [0.05, 0.1) is 0 Å². The highest BCUT2D eigenvalue weighted by Gasteiger charge is 2.26. The van der Waals surface area contributed by atoms with E-state index in [2.05, 4.69) is 5.32 Å². The van der Waals surface area contributed by atoms with E-state index in [1.54, 1.807) is 17.0 Å². The van der Waals surface area contributed by atoms with Crippen LogP contribution in [0.3, 0.4) is 0 Å². The van der Waals surface area contributed by atoms with Crippen molar-refractivity contribution in [2.45, 2.75) is 45.8 Å². The van der Waals surface area contributed by atoms with Gasteiger partial charge in [-0.05, 0) is 52.1 Å². The molecule has 0 atom stereocenters. The molecule has 1 aliphatic rings. The summed E-state index contributed by atoms with van der Waals surface area (Å²) in [7, 11) is 0.